The monoisotopic (exact) mass is 323 g/mol. The summed E-state index contributed by atoms with van der Waals surface area (Å²) in [6, 6.07) is 7.77. The third-order valence-corrected chi connectivity index (χ3v) is 3.78. The quantitative estimate of drug-likeness (QED) is 0.939. The van der Waals surface area contributed by atoms with Crippen molar-refractivity contribution >= 4 is 15.9 Å². The zero-order chi connectivity index (χ0) is 14.0. The highest BCUT2D eigenvalue weighted by Gasteiger charge is 2.23. The van der Waals surface area contributed by atoms with Gasteiger partial charge in [0.05, 0.1) is 0 Å². The molecule has 1 unspecified atom stereocenters. The molecule has 2 aromatic rings. The Morgan fingerprint density at radius 2 is 2.00 bits per heavy atom. The van der Waals surface area contributed by atoms with Gasteiger partial charge in [-0.25, -0.2) is 0 Å². The van der Waals surface area contributed by atoms with Crippen LogP contribution in [0.2, 0.25) is 0 Å². The van der Waals surface area contributed by atoms with Crippen molar-refractivity contribution in [3.63, 3.8) is 0 Å². The molecule has 1 aromatic heterocycles. The van der Waals surface area contributed by atoms with Gasteiger partial charge in [0.1, 0.15) is 0 Å². The molecule has 2 N–H and O–H groups in total. The van der Waals surface area contributed by atoms with Crippen molar-refractivity contribution in [1.29, 1.82) is 0 Å². The summed E-state index contributed by atoms with van der Waals surface area (Å²) >= 11 is 3.48. The summed E-state index contributed by atoms with van der Waals surface area (Å²) in [6.45, 7) is 6.30. The van der Waals surface area contributed by atoms with E-state index in [0.29, 0.717) is 18.1 Å². The number of hydrogen-bond acceptors (Lipinski definition) is 4. The Hall–Kier alpha value is -1.20. The van der Waals surface area contributed by atoms with Gasteiger partial charge in [0.25, 0.3) is 0 Å². The van der Waals surface area contributed by atoms with Gasteiger partial charge in [0.2, 0.25) is 11.7 Å². The number of rotatable bonds is 3. The molecule has 1 aromatic carbocycles. The van der Waals surface area contributed by atoms with Gasteiger partial charge in [-0.3, -0.25) is 0 Å². The highest BCUT2D eigenvalue weighted by Crippen LogP contribution is 2.26. The molecule has 102 valence electrons. The first-order valence-electron chi connectivity index (χ1n) is 6.21. The molecule has 0 saturated carbocycles. The van der Waals surface area contributed by atoms with Crippen molar-refractivity contribution in [3.8, 4) is 11.4 Å². The Bertz CT molecular complexity index is 560. The Kier molecular flexibility index (Phi) is 4.06. The van der Waals surface area contributed by atoms with Crippen LogP contribution in [0.5, 0.6) is 0 Å². The van der Waals surface area contributed by atoms with E-state index >= 15 is 0 Å². The van der Waals surface area contributed by atoms with Gasteiger partial charge in [0.15, 0.2) is 0 Å². The lowest BCUT2D eigenvalue weighted by Gasteiger charge is -2.25. The molecule has 19 heavy (non-hydrogen) atoms. The standard InChI is InChI=1S/C14H18BrN3O/c1-14(2,3)11(16)8-12-17-13(18-19-12)9-6-4-5-7-10(9)15/h4-7,11H,8,16H2,1-3H3. The van der Waals surface area contributed by atoms with Gasteiger partial charge in [0, 0.05) is 22.5 Å². The van der Waals surface area contributed by atoms with E-state index in [9.17, 15) is 0 Å². The molecule has 0 saturated heterocycles. The van der Waals surface area contributed by atoms with Crippen molar-refractivity contribution in [2.45, 2.75) is 33.2 Å². The number of benzene rings is 1. The summed E-state index contributed by atoms with van der Waals surface area (Å²) in [4.78, 5) is 4.41. The number of aromatic nitrogens is 2. The zero-order valence-corrected chi connectivity index (χ0v) is 12.9. The number of nitrogens with two attached hydrogens (primary N) is 1. The maximum atomic E-state index is 6.12. The highest BCUT2D eigenvalue weighted by molar-refractivity contribution is 9.10. The van der Waals surface area contributed by atoms with Gasteiger partial charge in [-0.1, -0.05) is 54.0 Å². The van der Waals surface area contributed by atoms with Gasteiger partial charge < -0.3 is 10.3 Å². The summed E-state index contributed by atoms with van der Waals surface area (Å²) in [7, 11) is 0. The smallest absolute Gasteiger partial charge is 0.228 e. The number of halogens is 1. The minimum Gasteiger partial charge on any atom is -0.339 e. The van der Waals surface area contributed by atoms with Gasteiger partial charge in [-0.05, 0) is 17.5 Å². The summed E-state index contributed by atoms with van der Waals surface area (Å²) in [5.41, 5.74) is 7.06. The van der Waals surface area contributed by atoms with Crippen molar-refractivity contribution in [3.05, 3.63) is 34.6 Å². The third-order valence-electron chi connectivity index (χ3n) is 3.09. The molecule has 0 fully saturated rings. The minimum absolute atomic E-state index is 0.0139. The fourth-order valence-corrected chi connectivity index (χ4v) is 2.05. The second kappa shape index (κ2) is 5.43. The van der Waals surface area contributed by atoms with Gasteiger partial charge in [-0.2, -0.15) is 4.98 Å². The molecule has 0 amide bonds. The fourth-order valence-electron chi connectivity index (χ4n) is 1.58. The average molecular weight is 324 g/mol. The van der Waals surface area contributed by atoms with Crippen LogP contribution in [0.3, 0.4) is 0 Å². The molecule has 2 rings (SSSR count). The average Bonchev–Trinajstić information content (AvgIpc) is 2.76. The van der Waals surface area contributed by atoms with Crippen molar-refractivity contribution in [2.24, 2.45) is 11.1 Å². The summed E-state index contributed by atoms with van der Waals surface area (Å²) in [5.74, 6) is 1.16. The zero-order valence-electron chi connectivity index (χ0n) is 11.4. The van der Waals surface area contributed by atoms with Crippen LogP contribution >= 0.6 is 15.9 Å². The van der Waals surface area contributed by atoms with Crippen LogP contribution in [0.25, 0.3) is 11.4 Å². The predicted octanol–water partition coefficient (Wildman–Crippen LogP) is 3.42. The lowest BCUT2D eigenvalue weighted by atomic mass is 9.85. The Labute approximate surface area is 121 Å². The minimum atomic E-state index is -0.0139. The molecule has 4 nitrogen and oxygen atoms in total. The van der Waals surface area contributed by atoms with E-state index in [0.717, 1.165) is 10.0 Å². The lowest BCUT2D eigenvalue weighted by molar-refractivity contribution is 0.286. The van der Waals surface area contributed by atoms with Crippen molar-refractivity contribution in [2.75, 3.05) is 0 Å². The summed E-state index contributed by atoms with van der Waals surface area (Å²) in [5, 5.41) is 4.01. The van der Waals surface area contributed by atoms with Crippen molar-refractivity contribution < 1.29 is 4.52 Å². The summed E-state index contributed by atoms with van der Waals surface area (Å²) < 4.78 is 6.22. The molecule has 0 radical (unpaired) electrons. The van der Waals surface area contributed by atoms with E-state index in [2.05, 4.69) is 46.8 Å². The Balaban J connectivity index is 2.19. The Morgan fingerprint density at radius 1 is 1.32 bits per heavy atom. The molecular weight excluding hydrogens is 306 g/mol. The van der Waals surface area contributed by atoms with E-state index < -0.39 is 0 Å². The molecule has 1 heterocycles. The molecule has 0 spiro atoms. The van der Waals surface area contributed by atoms with Crippen LogP contribution in [-0.4, -0.2) is 16.2 Å². The van der Waals surface area contributed by atoms with E-state index in [1.807, 2.05) is 24.3 Å². The molecular formula is C14H18BrN3O. The topological polar surface area (TPSA) is 64.9 Å². The molecule has 0 aliphatic rings. The highest BCUT2D eigenvalue weighted by atomic mass is 79.9. The maximum absolute atomic E-state index is 6.12. The maximum Gasteiger partial charge on any atom is 0.228 e. The van der Waals surface area contributed by atoms with Crippen LogP contribution in [-0.2, 0) is 6.42 Å². The van der Waals surface area contributed by atoms with Crippen LogP contribution in [0.1, 0.15) is 26.7 Å². The molecule has 0 bridgehead atoms. The Morgan fingerprint density at radius 3 is 2.63 bits per heavy atom. The third kappa shape index (κ3) is 3.42. The fraction of sp³-hybridized carbons (Fsp3) is 0.429. The van der Waals surface area contributed by atoms with E-state index in [-0.39, 0.29) is 11.5 Å². The van der Waals surface area contributed by atoms with E-state index in [4.69, 9.17) is 10.3 Å². The van der Waals surface area contributed by atoms with Crippen LogP contribution in [0.15, 0.2) is 33.3 Å². The van der Waals surface area contributed by atoms with E-state index in [1.165, 1.54) is 0 Å². The first kappa shape index (κ1) is 14.2. The van der Waals surface area contributed by atoms with Gasteiger partial charge >= 0.3 is 0 Å². The first-order valence-corrected chi connectivity index (χ1v) is 7.00. The predicted molar refractivity (Wildman–Crippen MR) is 78.6 cm³/mol. The summed E-state index contributed by atoms with van der Waals surface area (Å²) in [6.07, 6.45) is 0.584. The van der Waals surface area contributed by atoms with Crippen LogP contribution in [0, 0.1) is 5.41 Å². The second-order valence-corrected chi connectivity index (χ2v) is 6.52. The van der Waals surface area contributed by atoms with Crippen LogP contribution in [0.4, 0.5) is 0 Å². The molecule has 1 atom stereocenters. The molecule has 0 aliphatic carbocycles. The normalized spacial score (nSPS) is 13.5. The van der Waals surface area contributed by atoms with Gasteiger partial charge in [-0.15, -0.1) is 0 Å². The first-order chi connectivity index (χ1) is 8.88. The molecule has 5 heteroatoms. The largest absolute Gasteiger partial charge is 0.339 e. The van der Waals surface area contributed by atoms with Crippen LogP contribution < -0.4 is 5.73 Å². The van der Waals surface area contributed by atoms with E-state index in [1.54, 1.807) is 0 Å². The second-order valence-electron chi connectivity index (χ2n) is 5.67. The number of nitrogens with zero attached hydrogens (tertiary/aromatic N) is 2. The SMILES string of the molecule is CC(C)(C)C(N)Cc1nc(-c2ccccc2Br)no1. The van der Waals surface area contributed by atoms with Crippen molar-refractivity contribution in [1.82, 2.24) is 10.1 Å². The molecule has 0 aliphatic heterocycles. The number of hydrogen-bond donors (Lipinski definition) is 1. The lowest BCUT2D eigenvalue weighted by Crippen LogP contribution is -2.36.